The third-order valence-corrected chi connectivity index (χ3v) is 3.95. The molecule has 1 amide bonds. The third-order valence-electron chi connectivity index (χ3n) is 3.72. The number of nitrogens with zero attached hydrogens (tertiary/aromatic N) is 2. The third kappa shape index (κ3) is 4.17. The molecule has 2 aromatic carbocycles. The lowest BCUT2D eigenvalue weighted by molar-refractivity contribution is 0.0984. The van der Waals surface area contributed by atoms with Gasteiger partial charge in [-0.25, -0.2) is 4.98 Å². The van der Waals surface area contributed by atoms with E-state index < -0.39 is 0 Å². The van der Waals surface area contributed by atoms with Gasteiger partial charge in [0.05, 0.1) is 13.7 Å². The lowest BCUT2D eigenvalue weighted by Gasteiger charge is -2.22. The van der Waals surface area contributed by atoms with Crippen molar-refractivity contribution in [2.75, 3.05) is 12.0 Å². The molecule has 0 atom stereocenters. The topological polar surface area (TPSA) is 42.4 Å². The fraction of sp³-hybridized carbons (Fsp3) is 0.100. The van der Waals surface area contributed by atoms with E-state index in [1.807, 2.05) is 36.4 Å². The first kappa shape index (κ1) is 17.0. The zero-order chi connectivity index (χ0) is 17.6. The van der Waals surface area contributed by atoms with Crippen LogP contribution in [0, 0.1) is 0 Å². The van der Waals surface area contributed by atoms with Gasteiger partial charge >= 0.3 is 0 Å². The van der Waals surface area contributed by atoms with Gasteiger partial charge in [-0.05, 0) is 48.0 Å². The number of methoxy groups -OCH3 is 1. The normalized spacial score (nSPS) is 10.3. The van der Waals surface area contributed by atoms with Gasteiger partial charge in [-0.3, -0.25) is 9.69 Å². The number of pyridine rings is 1. The molecule has 1 aromatic heterocycles. The number of benzene rings is 2. The second-order valence-electron chi connectivity index (χ2n) is 5.44. The molecule has 0 N–H and O–H groups in total. The van der Waals surface area contributed by atoms with Crippen LogP contribution in [0.5, 0.6) is 5.75 Å². The van der Waals surface area contributed by atoms with Crippen LogP contribution in [0.4, 0.5) is 5.82 Å². The first-order valence-corrected chi connectivity index (χ1v) is 8.16. The average Bonchev–Trinajstić information content (AvgIpc) is 2.66. The van der Waals surface area contributed by atoms with Gasteiger partial charge < -0.3 is 4.74 Å². The Bertz CT molecular complexity index is 868. The second-order valence-corrected chi connectivity index (χ2v) is 5.88. The Kier molecular flexibility index (Phi) is 5.31. The maximum absolute atomic E-state index is 13.1. The van der Waals surface area contributed by atoms with Crippen LogP contribution in [-0.2, 0) is 6.54 Å². The Labute approximate surface area is 151 Å². The van der Waals surface area contributed by atoms with E-state index in [-0.39, 0.29) is 5.91 Å². The highest BCUT2D eigenvalue weighted by molar-refractivity contribution is 6.30. The number of ether oxygens (including phenoxy) is 1. The van der Waals surface area contributed by atoms with E-state index in [0.29, 0.717) is 28.7 Å². The van der Waals surface area contributed by atoms with Crippen molar-refractivity contribution in [3.8, 4) is 5.75 Å². The van der Waals surface area contributed by atoms with Crippen LogP contribution in [-0.4, -0.2) is 18.0 Å². The highest BCUT2D eigenvalue weighted by atomic mass is 35.5. The number of hydrogen-bond donors (Lipinski definition) is 0. The molecule has 0 unspecified atom stereocenters. The van der Waals surface area contributed by atoms with Crippen LogP contribution in [0.25, 0.3) is 0 Å². The predicted molar refractivity (Wildman–Crippen MR) is 99.2 cm³/mol. The number of hydrogen-bond acceptors (Lipinski definition) is 3. The van der Waals surface area contributed by atoms with Gasteiger partial charge in [0.2, 0.25) is 0 Å². The summed E-state index contributed by atoms with van der Waals surface area (Å²) in [6.07, 6.45) is 1.67. The maximum Gasteiger partial charge on any atom is 0.259 e. The van der Waals surface area contributed by atoms with Crippen molar-refractivity contribution in [2.24, 2.45) is 0 Å². The van der Waals surface area contributed by atoms with Crippen molar-refractivity contribution in [1.29, 1.82) is 0 Å². The molecule has 5 heteroatoms. The predicted octanol–water partition coefficient (Wildman–Crippen LogP) is 4.59. The summed E-state index contributed by atoms with van der Waals surface area (Å²) in [5.41, 5.74) is 1.46. The van der Waals surface area contributed by atoms with Crippen LogP contribution in [0.3, 0.4) is 0 Å². The van der Waals surface area contributed by atoms with Crippen LogP contribution in [0.2, 0.25) is 5.02 Å². The van der Waals surface area contributed by atoms with Crippen LogP contribution >= 0.6 is 11.6 Å². The molecule has 3 aromatic rings. The Hall–Kier alpha value is -2.85. The minimum Gasteiger partial charge on any atom is -0.497 e. The fourth-order valence-corrected chi connectivity index (χ4v) is 2.71. The lowest BCUT2D eigenvalue weighted by atomic mass is 10.1. The molecule has 126 valence electrons. The van der Waals surface area contributed by atoms with Crippen LogP contribution in [0.15, 0.2) is 72.9 Å². The van der Waals surface area contributed by atoms with Gasteiger partial charge in [-0.15, -0.1) is 0 Å². The van der Waals surface area contributed by atoms with Gasteiger partial charge in [0, 0.05) is 16.8 Å². The fourth-order valence-electron chi connectivity index (χ4n) is 2.50. The molecule has 0 bridgehead atoms. The zero-order valence-corrected chi connectivity index (χ0v) is 14.5. The summed E-state index contributed by atoms with van der Waals surface area (Å²) in [5, 5.41) is 0.632. The van der Waals surface area contributed by atoms with Gasteiger partial charge in [-0.1, -0.05) is 35.9 Å². The van der Waals surface area contributed by atoms with Gasteiger partial charge in [0.25, 0.3) is 5.91 Å². The first-order chi connectivity index (χ1) is 12.2. The Morgan fingerprint density at radius 2 is 1.92 bits per heavy atom. The number of rotatable bonds is 5. The molecular weight excluding hydrogens is 336 g/mol. The molecule has 4 nitrogen and oxygen atoms in total. The number of carbonyl (C=O) groups excluding carboxylic acids is 1. The highest BCUT2D eigenvalue weighted by Crippen LogP contribution is 2.21. The van der Waals surface area contributed by atoms with E-state index in [2.05, 4.69) is 4.98 Å². The molecule has 0 fully saturated rings. The summed E-state index contributed by atoms with van der Waals surface area (Å²) in [6, 6.07) is 20.0. The van der Waals surface area contributed by atoms with Crippen molar-refractivity contribution in [2.45, 2.75) is 6.54 Å². The molecule has 0 aliphatic carbocycles. The van der Waals surface area contributed by atoms with Gasteiger partial charge in [0.15, 0.2) is 0 Å². The largest absolute Gasteiger partial charge is 0.497 e. The Morgan fingerprint density at radius 3 is 2.64 bits per heavy atom. The quantitative estimate of drug-likeness (QED) is 0.674. The van der Waals surface area contributed by atoms with Gasteiger partial charge in [-0.2, -0.15) is 0 Å². The smallest absolute Gasteiger partial charge is 0.259 e. The zero-order valence-electron chi connectivity index (χ0n) is 13.7. The molecular formula is C20H17ClN2O2. The van der Waals surface area contributed by atoms with Crippen molar-refractivity contribution in [3.05, 3.63) is 89.1 Å². The number of aromatic nitrogens is 1. The van der Waals surface area contributed by atoms with Crippen LogP contribution in [0.1, 0.15) is 15.9 Å². The Morgan fingerprint density at radius 1 is 1.08 bits per heavy atom. The molecule has 3 rings (SSSR count). The van der Waals surface area contributed by atoms with Crippen LogP contribution < -0.4 is 9.64 Å². The summed E-state index contributed by atoms with van der Waals surface area (Å²) in [5.74, 6) is 1.06. The van der Waals surface area contributed by atoms with Gasteiger partial charge in [0.1, 0.15) is 11.6 Å². The SMILES string of the molecule is COc1cccc(C(=O)N(Cc2cccc(Cl)c2)c2ccccn2)c1. The summed E-state index contributed by atoms with van der Waals surface area (Å²) in [6.45, 7) is 0.369. The standard InChI is InChI=1S/C20H17ClN2O2/c1-25-18-9-5-7-16(13-18)20(24)23(19-10-2-3-11-22-19)14-15-6-4-8-17(21)12-15/h2-13H,14H2,1H3. The second kappa shape index (κ2) is 7.81. The highest BCUT2D eigenvalue weighted by Gasteiger charge is 2.19. The number of amides is 1. The molecule has 0 spiro atoms. The van der Waals surface area contributed by atoms with E-state index in [4.69, 9.17) is 16.3 Å². The van der Waals surface area contributed by atoms with Crippen molar-refractivity contribution in [3.63, 3.8) is 0 Å². The number of anilines is 1. The number of halogens is 1. The molecule has 0 aliphatic heterocycles. The minimum atomic E-state index is -0.155. The van der Waals surface area contributed by atoms with E-state index in [9.17, 15) is 4.79 Å². The average molecular weight is 353 g/mol. The summed E-state index contributed by atoms with van der Waals surface area (Å²) in [4.78, 5) is 19.1. The monoisotopic (exact) mass is 352 g/mol. The molecule has 25 heavy (non-hydrogen) atoms. The van der Waals surface area contributed by atoms with E-state index >= 15 is 0 Å². The molecule has 0 saturated heterocycles. The summed E-state index contributed by atoms with van der Waals surface area (Å²) < 4.78 is 5.22. The molecule has 0 saturated carbocycles. The van der Waals surface area contributed by atoms with E-state index in [1.54, 1.807) is 48.5 Å². The Balaban J connectivity index is 1.97. The van der Waals surface area contributed by atoms with Crippen molar-refractivity contribution >= 4 is 23.3 Å². The molecule has 0 aliphatic rings. The first-order valence-electron chi connectivity index (χ1n) is 7.79. The van der Waals surface area contributed by atoms with E-state index in [0.717, 1.165) is 5.56 Å². The maximum atomic E-state index is 13.1. The number of carbonyl (C=O) groups is 1. The minimum absolute atomic E-state index is 0.155. The van der Waals surface area contributed by atoms with Crippen molar-refractivity contribution < 1.29 is 9.53 Å². The summed E-state index contributed by atoms with van der Waals surface area (Å²) in [7, 11) is 1.58. The molecule has 1 heterocycles. The lowest BCUT2D eigenvalue weighted by Crippen LogP contribution is -2.31. The van der Waals surface area contributed by atoms with E-state index in [1.165, 1.54) is 0 Å². The van der Waals surface area contributed by atoms with Crippen molar-refractivity contribution in [1.82, 2.24) is 4.98 Å². The summed E-state index contributed by atoms with van der Waals surface area (Å²) >= 11 is 6.07. The molecule has 0 radical (unpaired) electrons.